The third-order valence-electron chi connectivity index (χ3n) is 4.21. The molecule has 1 aliphatic rings. The Morgan fingerprint density at radius 1 is 1.36 bits per heavy atom. The first-order chi connectivity index (χ1) is 11.5. The maximum absolute atomic E-state index is 12.9. The topological polar surface area (TPSA) is 88.3 Å². The highest BCUT2D eigenvalue weighted by Crippen LogP contribution is 2.34. The van der Waals surface area contributed by atoms with Crippen LogP contribution < -0.4 is 5.32 Å². The van der Waals surface area contributed by atoms with Crippen LogP contribution in [0.25, 0.3) is 10.8 Å². The summed E-state index contributed by atoms with van der Waals surface area (Å²) >= 11 is 1.31. The number of hydrogen-bond donors (Lipinski definition) is 1. The lowest BCUT2D eigenvalue weighted by molar-refractivity contribution is 0.346. The van der Waals surface area contributed by atoms with Crippen molar-refractivity contribution < 1.29 is 12.9 Å². The SMILES string of the molecule is CNC(C)Cc1noc(-c2sccc2S(=O)(=O)N2CCCCC2)n1.Cl. The second-order valence-electron chi connectivity index (χ2n) is 5.99. The van der Waals surface area contributed by atoms with Gasteiger partial charge in [0.1, 0.15) is 9.77 Å². The Morgan fingerprint density at radius 2 is 2.08 bits per heavy atom. The van der Waals surface area contributed by atoms with Gasteiger partial charge in [-0.3, -0.25) is 0 Å². The van der Waals surface area contributed by atoms with E-state index in [0.717, 1.165) is 19.3 Å². The van der Waals surface area contributed by atoms with Crippen LogP contribution in [0.2, 0.25) is 0 Å². The van der Waals surface area contributed by atoms with Crippen molar-refractivity contribution in [3.63, 3.8) is 0 Å². The number of rotatable bonds is 6. The Morgan fingerprint density at radius 3 is 2.76 bits per heavy atom. The fourth-order valence-corrected chi connectivity index (χ4v) is 5.54. The van der Waals surface area contributed by atoms with Gasteiger partial charge in [-0.1, -0.05) is 11.6 Å². The predicted molar refractivity (Wildman–Crippen MR) is 99.7 cm³/mol. The van der Waals surface area contributed by atoms with E-state index in [2.05, 4.69) is 15.5 Å². The highest BCUT2D eigenvalue weighted by Gasteiger charge is 2.31. The molecule has 25 heavy (non-hydrogen) atoms. The lowest BCUT2D eigenvalue weighted by Crippen LogP contribution is -2.35. The molecule has 1 saturated heterocycles. The number of nitrogens with one attached hydrogen (secondary N) is 1. The van der Waals surface area contributed by atoms with Crippen LogP contribution in [0, 0.1) is 0 Å². The Hall–Kier alpha value is -1.00. The fourth-order valence-electron chi connectivity index (χ4n) is 2.71. The number of aromatic nitrogens is 2. The molecule has 0 amide bonds. The van der Waals surface area contributed by atoms with Crippen LogP contribution in [-0.4, -0.2) is 49.0 Å². The van der Waals surface area contributed by atoms with Crippen molar-refractivity contribution in [1.82, 2.24) is 19.8 Å². The van der Waals surface area contributed by atoms with Crippen molar-refractivity contribution in [2.45, 2.75) is 43.5 Å². The van der Waals surface area contributed by atoms with Crippen molar-refractivity contribution in [2.24, 2.45) is 0 Å². The number of nitrogens with zero attached hydrogens (tertiary/aromatic N) is 3. The largest absolute Gasteiger partial charge is 0.333 e. The molecule has 140 valence electrons. The molecule has 3 heterocycles. The summed E-state index contributed by atoms with van der Waals surface area (Å²) in [5.41, 5.74) is 0. The molecule has 0 bridgehead atoms. The molecule has 1 fully saturated rings. The number of halogens is 1. The van der Waals surface area contributed by atoms with Crippen molar-refractivity contribution in [2.75, 3.05) is 20.1 Å². The van der Waals surface area contributed by atoms with Crippen LogP contribution in [0.1, 0.15) is 32.0 Å². The van der Waals surface area contributed by atoms with Gasteiger partial charge < -0.3 is 9.84 Å². The van der Waals surface area contributed by atoms with E-state index in [-0.39, 0.29) is 29.2 Å². The third kappa shape index (κ3) is 4.40. The molecule has 1 atom stereocenters. The van der Waals surface area contributed by atoms with Gasteiger partial charge in [-0.2, -0.15) is 9.29 Å². The predicted octanol–water partition coefficient (Wildman–Crippen LogP) is 2.54. The highest BCUT2D eigenvalue weighted by molar-refractivity contribution is 7.89. The van der Waals surface area contributed by atoms with E-state index in [1.807, 2.05) is 14.0 Å². The quantitative estimate of drug-likeness (QED) is 0.793. The van der Waals surface area contributed by atoms with E-state index in [1.165, 1.54) is 11.3 Å². The Bertz CT molecular complexity index is 784. The van der Waals surface area contributed by atoms with Crippen LogP contribution in [0.4, 0.5) is 0 Å². The minimum Gasteiger partial charge on any atom is -0.333 e. The third-order valence-corrected chi connectivity index (χ3v) is 7.18. The molecule has 0 spiro atoms. The second kappa shape index (κ2) is 8.59. The van der Waals surface area contributed by atoms with Crippen LogP contribution in [0.3, 0.4) is 0 Å². The van der Waals surface area contributed by atoms with E-state index in [0.29, 0.717) is 30.2 Å². The summed E-state index contributed by atoms with van der Waals surface area (Å²) < 4.78 is 32.7. The molecule has 0 aromatic carbocycles. The Balaban J connectivity index is 0.00000225. The van der Waals surface area contributed by atoms with E-state index in [4.69, 9.17) is 4.52 Å². The molecule has 2 aromatic heterocycles. The molecule has 1 aliphatic heterocycles. The average Bonchev–Trinajstić information content (AvgIpc) is 3.24. The van der Waals surface area contributed by atoms with Crippen LogP contribution in [0.15, 0.2) is 20.9 Å². The normalized spacial score (nSPS) is 17.2. The minimum atomic E-state index is -3.51. The average molecular weight is 407 g/mol. The first-order valence-electron chi connectivity index (χ1n) is 8.10. The van der Waals surface area contributed by atoms with Gasteiger partial charge in [0.2, 0.25) is 10.0 Å². The minimum absolute atomic E-state index is 0. The summed E-state index contributed by atoms with van der Waals surface area (Å²) in [5.74, 6) is 0.848. The zero-order chi connectivity index (χ0) is 17.2. The van der Waals surface area contributed by atoms with Gasteiger partial charge in [-0.15, -0.1) is 23.7 Å². The highest BCUT2D eigenvalue weighted by atomic mass is 35.5. The Labute approximate surface area is 158 Å². The molecular weight excluding hydrogens is 384 g/mol. The number of piperidine rings is 1. The molecular formula is C15H23ClN4O3S2. The monoisotopic (exact) mass is 406 g/mol. The van der Waals surface area contributed by atoms with E-state index < -0.39 is 10.0 Å². The van der Waals surface area contributed by atoms with E-state index >= 15 is 0 Å². The van der Waals surface area contributed by atoms with Crippen LogP contribution >= 0.6 is 23.7 Å². The summed E-state index contributed by atoms with van der Waals surface area (Å²) in [4.78, 5) is 5.16. The molecule has 1 N–H and O–H groups in total. The van der Waals surface area contributed by atoms with Gasteiger partial charge in [0.15, 0.2) is 5.82 Å². The molecule has 2 aromatic rings. The molecule has 3 rings (SSSR count). The Kier molecular flexibility index (Phi) is 6.98. The standard InChI is InChI=1S/C15H22N4O3S2.ClH/c1-11(16-2)10-13-17-15(22-18-13)14-12(6-9-23-14)24(20,21)19-7-4-3-5-8-19;/h6,9,11,16H,3-5,7-8,10H2,1-2H3;1H. The van der Waals surface area contributed by atoms with Crippen molar-refractivity contribution in [3.05, 3.63) is 17.3 Å². The zero-order valence-electron chi connectivity index (χ0n) is 14.3. The second-order valence-corrected chi connectivity index (χ2v) is 8.81. The van der Waals surface area contributed by atoms with Gasteiger partial charge in [-0.25, -0.2) is 8.42 Å². The number of likely N-dealkylation sites (N-methyl/N-ethyl adjacent to an activating group) is 1. The van der Waals surface area contributed by atoms with Crippen molar-refractivity contribution in [3.8, 4) is 10.8 Å². The number of sulfonamides is 1. The molecule has 7 nitrogen and oxygen atoms in total. The lowest BCUT2D eigenvalue weighted by atomic mass is 10.2. The van der Waals surface area contributed by atoms with Gasteiger partial charge in [0.05, 0.1) is 0 Å². The number of thiophene rings is 1. The van der Waals surface area contributed by atoms with Gasteiger partial charge in [0, 0.05) is 25.6 Å². The van der Waals surface area contributed by atoms with Crippen LogP contribution in [-0.2, 0) is 16.4 Å². The molecule has 10 heteroatoms. The maximum Gasteiger partial charge on any atom is 0.269 e. The molecule has 0 saturated carbocycles. The summed E-state index contributed by atoms with van der Waals surface area (Å²) in [6, 6.07) is 1.85. The van der Waals surface area contributed by atoms with E-state index in [9.17, 15) is 8.42 Å². The van der Waals surface area contributed by atoms with Gasteiger partial charge in [-0.05, 0) is 38.3 Å². The maximum atomic E-state index is 12.9. The van der Waals surface area contributed by atoms with Crippen molar-refractivity contribution in [1.29, 1.82) is 0 Å². The van der Waals surface area contributed by atoms with E-state index in [1.54, 1.807) is 15.8 Å². The summed E-state index contributed by atoms with van der Waals surface area (Å²) in [6.45, 7) is 3.17. The molecule has 0 aliphatic carbocycles. The first kappa shape index (κ1) is 20.3. The van der Waals surface area contributed by atoms with Gasteiger partial charge >= 0.3 is 0 Å². The molecule has 0 radical (unpaired) electrons. The van der Waals surface area contributed by atoms with Crippen LogP contribution in [0.5, 0.6) is 0 Å². The summed E-state index contributed by atoms with van der Waals surface area (Å²) in [5, 5.41) is 8.84. The van der Waals surface area contributed by atoms with Crippen molar-refractivity contribution >= 4 is 33.8 Å². The summed E-state index contributed by atoms with van der Waals surface area (Å²) in [7, 11) is -1.64. The zero-order valence-corrected chi connectivity index (χ0v) is 16.7. The summed E-state index contributed by atoms with van der Waals surface area (Å²) in [6.07, 6.45) is 3.52. The molecule has 1 unspecified atom stereocenters. The van der Waals surface area contributed by atoms with Gasteiger partial charge in [0.25, 0.3) is 5.89 Å². The first-order valence-corrected chi connectivity index (χ1v) is 10.4. The lowest BCUT2D eigenvalue weighted by Gasteiger charge is -2.25. The fraction of sp³-hybridized carbons (Fsp3) is 0.600. The smallest absolute Gasteiger partial charge is 0.269 e. The number of hydrogen-bond acceptors (Lipinski definition) is 7.